The first-order chi connectivity index (χ1) is 21.7. The van der Waals surface area contributed by atoms with Gasteiger partial charge in [0.05, 0.1) is 11.4 Å². The zero-order valence-corrected chi connectivity index (χ0v) is 25.0. The third-order valence-electron chi connectivity index (χ3n) is 9.84. The maximum absolute atomic E-state index is 2.53. The van der Waals surface area contributed by atoms with Crippen molar-refractivity contribution in [2.45, 2.75) is 12.8 Å². The van der Waals surface area contributed by atoms with Crippen molar-refractivity contribution in [2.75, 3.05) is 4.90 Å². The van der Waals surface area contributed by atoms with Gasteiger partial charge in [-0.2, -0.15) is 0 Å². The van der Waals surface area contributed by atoms with Gasteiger partial charge < -0.3 is 4.90 Å². The fraction of sp³-hybridized carbons (Fsp3) is 0.0476. The summed E-state index contributed by atoms with van der Waals surface area (Å²) in [4.78, 5) is 2.53. The van der Waals surface area contributed by atoms with Gasteiger partial charge in [0, 0.05) is 42.7 Å². The van der Waals surface area contributed by atoms with Crippen molar-refractivity contribution in [1.29, 1.82) is 0 Å². The van der Waals surface area contributed by atoms with Gasteiger partial charge in [-0.1, -0.05) is 110 Å². The molecule has 0 saturated heterocycles. The van der Waals surface area contributed by atoms with Crippen LogP contribution in [-0.4, -0.2) is 0 Å². The van der Waals surface area contributed by atoms with E-state index in [1.165, 1.54) is 91.8 Å². The molecule has 10 rings (SSSR count). The standard InChI is InChI=1S/C42H27NS/c1-25-30-10-2-3-12-33(30)42-31(25)13-7-14-37(42)43(29-20-23-39-35(24-29)32-11-4-5-15-38(32)44-39)36-22-19-28-17-16-26-8-6-9-27-18-21-34(36)41(28)40(26)27/h2-25H,1H3. The second kappa shape index (κ2) is 8.92. The van der Waals surface area contributed by atoms with Gasteiger partial charge in [-0.3, -0.25) is 0 Å². The van der Waals surface area contributed by atoms with Crippen molar-refractivity contribution >= 4 is 80.9 Å². The molecular formula is C42H27NS. The van der Waals surface area contributed by atoms with Crippen LogP contribution in [0.3, 0.4) is 0 Å². The molecule has 0 saturated carbocycles. The second-order valence-electron chi connectivity index (χ2n) is 12.1. The van der Waals surface area contributed by atoms with Crippen LogP contribution in [0.2, 0.25) is 0 Å². The Morgan fingerprint density at radius 2 is 1.20 bits per heavy atom. The van der Waals surface area contributed by atoms with Crippen molar-refractivity contribution in [3.8, 4) is 11.1 Å². The second-order valence-corrected chi connectivity index (χ2v) is 13.2. The SMILES string of the molecule is CC1c2ccccc2-c2c1cccc2N(c1ccc2sc3ccccc3c2c1)c1ccc2ccc3cccc4ccc1c2c34. The van der Waals surface area contributed by atoms with Crippen LogP contribution in [0.5, 0.6) is 0 Å². The minimum absolute atomic E-state index is 0.354. The Labute approximate surface area is 259 Å². The number of fused-ring (bicyclic) bond motifs is 6. The van der Waals surface area contributed by atoms with Crippen LogP contribution in [0, 0.1) is 0 Å². The van der Waals surface area contributed by atoms with Crippen LogP contribution >= 0.6 is 11.3 Å². The Hall–Kier alpha value is -5.18. The Kier molecular flexibility index (Phi) is 4.92. The zero-order chi connectivity index (χ0) is 28.9. The highest BCUT2D eigenvalue weighted by atomic mass is 32.1. The number of hydrogen-bond donors (Lipinski definition) is 0. The minimum Gasteiger partial charge on any atom is -0.309 e. The van der Waals surface area contributed by atoms with E-state index in [9.17, 15) is 0 Å². The quantitative estimate of drug-likeness (QED) is 0.189. The predicted octanol–water partition coefficient (Wildman–Crippen LogP) is 12.6. The van der Waals surface area contributed by atoms with E-state index >= 15 is 0 Å². The largest absolute Gasteiger partial charge is 0.309 e. The highest BCUT2D eigenvalue weighted by Crippen LogP contribution is 2.53. The molecule has 0 N–H and O–H groups in total. The molecule has 1 aliphatic carbocycles. The summed E-state index contributed by atoms with van der Waals surface area (Å²) >= 11 is 1.87. The zero-order valence-electron chi connectivity index (χ0n) is 24.2. The first-order valence-electron chi connectivity index (χ1n) is 15.3. The molecule has 0 radical (unpaired) electrons. The molecule has 1 aromatic heterocycles. The first-order valence-corrected chi connectivity index (χ1v) is 16.2. The van der Waals surface area contributed by atoms with E-state index in [2.05, 4.69) is 151 Å². The minimum atomic E-state index is 0.354. The molecule has 9 aromatic rings. The molecule has 0 amide bonds. The lowest BCUT2D eigenvalue weighted by Crippen LogP contribution is -2.12. The lowest BCUT2D eigenvalue weighted by Gasteiger charge is -2.30. The van der Waals surface area contributed by atoms with Crippen LogP contribution in [0.25, 0.3) is 63.6 Å². The molecule has 0 spiro atoms. The van der Waals surface area contributed by atoms with Crippen molar-refractivity contribution in [2.24, 2.45) is 0 Å². The van der Waals surface area contributed by atoms with Crippen LogP contribution < -0.4 is 4.90 Å². The van der Waals surface area contributed by atoms with Crippen LogP contribution in [0.1, 0.15) is 24.0 Å². The average Bonchev–Trinajstić information content (AvgIpc) is 3.59. The molecule has 44 heavy (non-hydrogen) atoms. The van der Waals surface area contributed by atoms with Crippen LogP contribution in [-0.2, 0) is 0 Å². The third-order valence-corrected chi connectivity index (χ3v) is 11.0. The van der Waals surface area contributed by atoms with Gasteiger partial charge in [-0.05, 0) is 80.0 Å². The first kappa shape index (κ1) is 24.3. The topological polar surface area (TPSA) is 3.24 Å². The molecular weight excluding hydrogens is 551 g/mol. The smallest absolute Gasteiger partial charge is 0.0543 e. The Morgan fingerprint density at radius 3 is 2.11 bits per heavy atom. The van der Waals surface area contributed by atoms with Crippen molar-refractivity contribution in [3.63, 3.8) is 0 Å². The van der Waals surface area contributed by atoms with E-state index < -0.39 is 0 Å². The summed E-state index contributed by atoms with van der Waals surface area (Å²) in [6.45, 7) is 2.35. The molecule has 1 heterocycles. The monoisotopic (exact) mass is 577 g/mol. The van der Waals surface area contributed by atoms with Crippen molar-refractivity contribution in [3.05, 3.63) is 151 Å². The molecule has 1 aliphatic rings. The molecule has 1 atom stereocenters. The van der Waals surface area contributed by atoms with Crippen molar-refractivity contribution < 1.29 is 0 Å². The molecule has 206 valence electrons. The number of rotatable bonds is 3. The Bertz CT molecular complexity index is 2570. The Balaban J connectivity index is 1.33. The van der Waals surface area contributed by atoms with Gasteiger partial charge in [-0.25, -0.2) is 0 Å². The number of anilines is 3. The molecule has 2 heteroatoms. The van der Waals surface area contributed by atoms with Gasteiger partial charge >= 0.3 is 0 Å². The normalized spacial score (nSPS) is 14.2. The fourth-order valence-electron chi connectivity index (χ4n) is 7.84. The molecule has 1 unspecified atom stereocenters. The average molecular weight is 578 g/mol. The van der Waals surface area contributed by atoms with E-state index in [-0.39, 0.29) is 0 Å². The Morgan fingerprint density at radius 1 is 0.500 bits per heavy atom. The lowest BCUT2D eigenvalue weighted by molar-refractivity contribution is 0.956. The third kappa shape index (κ3) is 3.24. The fourth-order valence-corrected chi connectivity index (χ4v) is 8.93. The summed E-state index contributed by atoms with van der Waals surface area (Å²) in [5.41, 5.74) is 9.11. The maximum atomic E-state index is 2.53. The van der Waals surface area contributed by atoms with E-state index in [1.807, 2.05) is 11.3 Å². The maximum Gasteiger partial charge on any atom is 0.0543 e. The molecule has 0 aliphatic heterocycles. The number of nitrogens with zero attached hydrogens (tertiary/aromatic N) is 1. The molecule has 0 bridgehead atoms. The lowest BCUT2D eigenvalue weighted by atomic mass is 9.92. The van der Waals surface area contributed by atoms with Gasteiger partial charge in [-0.15, -0.1) is 11.3 Å². The number of benzene rings is 8. The highest BCUT2D eigenvalue weighted by molar-refractivity contribution is 7.25. The van der Waals surface area contributed by atoms with Crippen LogP contribution in [0.15, 0.2) is 140 Å². The predicted molar refractivity (Wildman–Crippen MR) is 191 cm³/mol. The summed E-state index contributed by atoms with van der Waals surface area (Å²) < 4.78 is 2.65. The molecule has 1 nitrogen and oxygen atoms in total. The summed E-state index contributed by atoms with van der Waals surface area (Å²) in [7, 11) is 0. The van der Waals surface area contributed by atoms with Gasteiger partial charge in [0.1, 0.15) is 0 Å². The molecule has 0 fully saturated rings. The molecule has 8 aromatic carbocycles. The van der Waals surface area contributed by atoms with E-state index in [4.69, 9.17) is 0 Å². The number of thiophene rings is 1. The van der Waals surface area contributed by atoms with E-state index in [0.717, 1.165) is 0 Å². The van der Waals surface area contributed by atoms with Gasteiger partial charge in [0.2, 0.25) is 0 Å². The summed E-state index contributed by atoms with van der Waals surface area (Å²) in [6, 6.07) is 52.2. The summed E-state index contributed by atoms with van der Waals surface area (Å²) in [6.07, 6.45) is 0. The summed E-state index contributed by atoms with van der Waals surface area (Å²) in [5.74, 6) is 0.354. The van der Waals surface area contributed by atoms with E-state index in [0.29, 0.717) is 5.92 Å². The highest BCUT2D eigenvalue weighted by Gasteiger charge is 2.30. The van der Waals surface area contributed by atoms with Gasteiger partial charge in [0.25, 0.3) is 0 Å². The van der Waals surface area contributed by atoms with E-state index in [1.54, 1.807) is 0 Å². The summed E-state index contributed by atoms with van der Waals surface area (Å²) in [5, 5.41) is 10.5. The van der Waals surface area contributed by atoms with Gasteiger partial charge in [0.15, 0.2) is 0 Å². The number of hydrogen-bond acceptors (Lipinski definition) is 2. The van der Waals surface area contributed by atoms with Crippen molar-refractivity contribution in [1.82, 2.24) is 0 Å². The van der Waals surface area contributed by atoms with Crippen LogP contribution in [0.4, 0.5) is 17.1 Å².